The van der Waals surface area contributed by atoms with Gasteiger partial charge < -0.3 is 10.4 Å². The Hall–Kier alpha value is -4.63. The van der Waals surface area contributed by atoms with Crippen LogP contribution >= 0.6 is 0 Å². The average molecular weight is 498 g/mol. The molecule has 0 saturated heterocycles. The van der Waals surface area contributed by atoms with Gasteiger partial charge in [0.1, 0.15) is 23.4 Å². The number of aromatic nitrogens is 3. The van der Waals surface area contributed by atoms with Crippen LogP contribution in [0.1, 0.15) is 51.9 Å². The van der Waals surface area contributed by atoms with Gasteiger partial charge in [-0.1, -0.05) is 12.1 Å². The predicted molar refractivity (Wildman–Crippen MR) is 135 cm³/mol. The Morgan fingerprint density at radius 2 is 1.92 bits per heavy atom. The summed E-state index contributed by atoms with van der Waals surface area (Å²) in [4.78, 5) is 31.8. The molecule has 4 heterocycles. The number of hydrogen-bond donors (Lipinski definition) is 3. The van der Waals surface area contributed by atoms with Crippen LogP contribution in [0.4, 0.5) is 4.39 Å². The van der Waals surface area contributed by atoms with Crippen molar-refractivity contribution < 1.29 is 19.1 Å². The van der Waals surface area contributed by atoms with Gasteiger partial charge in [-0.25, -0.2) is 4.39 Å². The second kappa shape index (κ2) is 10.2. The fraction of sp³-hybridized carbons (Fsp3) is 0.143. The molecule has 0 spiro atoms. The van der Waals surface area contributed by atoms with Gasteiger partial charge in [0, 0.05) is 35.2 Å². The first-order valence-corrected chi connectivity index (χ1v) is 11.7. The van der Waals surface area contributed by atoms with Crippen molar-refractivity contribution in [2.45, 2.75) is 26.0 Å². The maximum absolute atomic E-state index is 13.4. The second-order valence-corrected chi connectivity index (χ2v) is 8.75. The number of aryl methyl sites for hydroxylation is 1. The van der Waals surface area contributed by atoms with Gasteiger partial charge in [0.05, 0.1) is 29.3 Å². The van der Waals surface area contributed by atoms with Crippen molar-refractivity contribution in [1.29, 1.82) is 0 Å². The summed E-state index contributed by atoms with van der Waals surface area (Å²) in [5.41, 5.74) is 8.09. The molecule has 3 N–H and O–H groups in total. The van der Waals surface area contributed by atoms with Gasteiger partial charge in [-0.2, -0.15) is 0 Å². The first-order valence-electron chi connectivity index (χ1n) is 11.7. The highest BCUT2D eigenvalue weighted by atomic mass is 19.1. The van der Waals surface area contributed by atoms with E-state index >= 15 is 0 Å². The number of hydrogen-bond acceptors (Lipinski definition) is 7. The van der Waals surface area contributed by atoms with Crippen LogP contribution in [0.25, 0.3) is 17.0 Å². The van der Waals surface area contributed by atoms with Gasteiger partial charge in [-0.3, -0.25) is 30.1 Å². The summed E-state index contributed by atoms with van der Waals surface area (Å²) in [5, 5.41) is 12.9. The van der Waals surface area contributed by atoms with E-state index in [0.717, 1.165) is 34.6 Å². The average Bonchev–Trinajstić information content (AvgIpc) is 3.40. The number of pyridine rings is 3. The highest BCUT2D eigenvalue weighted by molar-refractivity contribution is 5.96. The number of carbonyl (C=O) groups is 1. The summed E-state index contributed by atoms with van der Waals surface area (Å²) in [6.07, 6.45) is 5.97. The number of nitrogens with one attached hydrogen (secondary N) is 2. The minimum atomic E-state index is -0.668. The van der Waals surface area contributed by atoms with E-state index in [1.165, 1.54) is 0 Å². The van der Waals surface area contributed by atoms with Crippen molar-refractivity contribution in [3.8, 4) is 17.0 Å². The lowest BCUT2D eigenvalue weighted by atomic mass is 9.99. The van der Waals surface area contributed by atoms with E-state index in [0.29, 0.717) is 17.0 Å². The summed E-state index contributed by atoms with van der Waals surface area (Å²) in [7, 11) is 0. The van der Waals surface area contributed by atoms with Crippen molar-refractivity contribution >= 4 is 11.6 Å². The van der Waals surface area contributed by atoms with E-state index in [1.807, 2.05) is 49.4 Å². The number of rotatable bonds is 6. The Bertz CT molecular complexity index is 1480. The van der Waals surface area contributed by atoms with Crippen molar-refractivity contribution in [1.82, 2.24) is 25.7 Å². The van der Waals surface area contributed by atoms with Crippen molar-refractivity contribution in [3.05, 3.63) is 113 Å². The molecule has 0 bridgehead atoms. The first kappa shape index (κ1) is 24.1. The Labute approximate surface area is 212 Å². The molecule has 1 aliphatic rings. The molecule has 1 aliphatic heterocycles. The lowest BCUT2D eigenvalue weighted by Crippen LogP contribution is -2.27. The third-order valence-electron chi connectivity index (χ3n) is 5.93. The molecule has 0 saturated carbocycles. The zero-order valence-electron chi connectivity index (χ0n) is 20.1. The molecule has 3 aromatic heterocycles. The van der Waals surface area contributed by atoms with Crippen LogP contribution in [-0.4, -0.2) is 26.0 Å². The smallest absolute Gasteiger partial charge is 0.251 e. The molecule has 0 radical (unpaired) electrons. The molecule has 5 rings (SSSR count). The largest absolute Gasteiger partial charge is 0.506 e. The summed E-state index contributed by atoms with van der Waals surface area (Å²) in [6.45, 7) is 3.62. The Morgan fingerprint density at radius 1 is 1.08 bits per heavy atom. The van der Waals surface area contributed by atoms with Crippen molar-refractivity contribution in [3.63, 3.8) is 0 Å². The van der Waals surface area contributed by atoms with Crippen LogP contribution in [0, 0.1) is 12.7 Å². The Morgan fingerprint density at radius 3 is 2.65 bits per heavy atom. The topological polar surface area (TPSA) is 109 Å². The number of halogens is 1. The van der Waals surface area contributed by atoms with Crippen LogP contribution in [0.15, 0.2) is 79.3 Å². The molecule has 1 amide bonds. The van der Waals surface area contributed by atoms with E-state index in [2.05, 4.69) is 25.7 Å². The zero-order chi connectivity index (χ0) is 25.9. The van der Waals surface area contributed by atoms with Gasteiger partial charge in [-0.15, -0.1) is 0 Å². The number of hydroxylamine groups is 1. The quantitative estimate of drug-likeness (QED) is 0.351. The van der Waals surface area contributed by atoms with Gasteiger partial charge in [0.15, 0.2) is 0 Å². The number of aromatic hydroxyl groups is 1. The lowest BCUT2D eigenvalue weighted by Gasteiger charge is -2.16. The zero-order valence-corrected chi connectivity index (χ0v) is 20.1. The standard InChI is InChI=1S/C28H24FN5O3/c1-16-6-7-22(31-14-16)18-9-19(24-13-26(37-34-24)23-5-3-4-8-30-23)11-20(10-18)28(36)33-17(2)27-25(35)12-21(29)15-32-27/h3-15,17,26,34-35H,1-2H3,(H,33,36)/t17-,26+/m1/s1. The summed E-state index contributed by atoms with van der Waals surface area (Å²) >= 11 is 0. The fourth-order valence-electron chi connectivity index (χ4n) is 4.01. The van der Waals surface area contributed by atoms with E-state index in [4.69, 9.17) is 4.84 Å². The van der Waals surface area contributed by atoms with Gasteiger partial charge in [0.2, 0.25) is 0 Å². The van der Waals surface area contributed by atoms with Crippen LogP contribution < -0.4 is 10.8 Å². The molecule has 0 unspecified atom stereocenters. The van der Waals surface area contributed by atoms with Crippen LogP contribution in [-0.2, 0) is 4.84 Å². The molecule has 0 fully saturated rings. The molecule has 2 atom stereocenters. The van der Waals surface area contributed by atoms with Crippen LogP contribution in [0.3, 0.4) is 0 Å². The van der Waals surface area contributed by atoms with Gasteiger partial charge in [-0.05, 0) is 61.9 Å². The van der Waals surface area contributed by atoms with Crippen LogP contribution in [0.5, 0.6) is 5.75 Å². The molecule has 0 aliphatic carbocycles. The monoisotopic (exact) mass is 497 g/mol. The molecule has 186 valence electrons. The molecule has 9 heteroatoms. The highest BCUT2D eigenvalue weighted by Gasteiger charge is 2.23. The molecule has 4 aromatic rings. The Balaban J connectivity index is 1.49. The second-order valence-electron chi connectivity index (χ2n) is 8.75. The molecule has 1 aromatic carbocycles. The van der Waals surface area contributed by atoms with Crippen molar-refractivity contribution in [2.75, 3.05) is 0 Å². The third kappa shape index (κ3) is 5.31. The summed E-state index contributed by atoms with van der Waals surface area (Å²) in [6, 6.07) is 15.1. The minimum Gasteiger partial charge on any atom is -0.506 e. The van der Waals surface area contributed by atoms with Crippen LogP contribution in [0.2, 0.25) is 0 Å². The molecular formula is C28H24FN5O3. The maximum atomic E-state index is 13.4. The van der Waals surface area contributed by atoms with E-state index in [9.17, 15) is 14.3 Å². The number of nitrogens with zero attached hydrogens (tertiary/aromatic N) is 3. The lowest BCUT2D eigenvalue weighted by molar-refractivity contribution is 0.0487. The summed E-state index contributed by atoms with van der Waals surface area (Å²) < 4.78 is 13.4. The van der Waals surface area contributed by atoms with Gasteiger partial charge in [0.25, 0.3) is 5.91 Å². The van der Waals surface area contributed by atoms with Gasteiger partial charge >= 0.3 is 0 Å². The minimum absolute atomic E-state index is 0.165. The Kier molecular flexibility index (Phi) is 6.61. The first-order chi connectivity index (χ1) is 17.9. The normalized spacial score (nSPS) is 15.5. The molecular weight excluding hydrogens is 473 g/mol. The summed E-state index contributed by atoms with van der Waals surface area (Å²) in [5.74, 6) is -1.38. The number of carbonyl (C=O) groups excluding carboxylic acids is 1. The van der Waals surface area contributed by atoms with E-state index in [1.54, 1.807) is 31.5 Å². The number of benzene rings is 1. The molecule has 8 nitrogen and oxygen atoms in total. The molecule has 37 heavy (non-hydrogen) atoms. The maximum Gasteiger partial charge on any atom is 0.251 e. The SMILES string of the molecule is Cc1ccc(-c2cc(C(=O)N[C@H](C)c3ncc(F)cc3O)cc(C3=C[C@@H](c4ccccn4)ON3)c2)nc1. The third-order valence-corrected chi connectivity index (χ3v) is 5.93. The number of amides is 1. The predicted octanol–water partition coefficient (Wildman–Crippen LogP) is 4.80. The highest BCUT2D eigenvalue weighted by Crippen LogP contribution is 2.31. The van der Waals surface area contributed by atoms with Crippen molar-refractivity contribution in [2.24, 2.45) is 0 Å². The fourth-order valence-corrected chi connectivity index (χ4v) is 4.01. The van der Waals surface area contributed by atoms with E-state index in [-0.39, 0.29) is 17.5 Å². The van der Waals surface area contributed by atoms with E-state index < -0.39 is 17.8 Å².